The van der Waals surface area contributed by atoms with E-state index in [2.05, 4.69) is 112 Å². The first-order chi connectivity index (χ1) is 21.9. The zero-order valence-electron chi connectivity index (χ0n) is 28.6. The summed E-state index contributed by atoms with van der Waals surface area (Å²) in [6.07, 6.45) is 19.5. The van der Waals surface area contributed by atoms with Crippen molar-refractivity contribution in [3.05, 3.63) is 81.9 Å². The molecule has 0 radical (unpaired) electrons. The van der Waals surface area contributed by atoms with Gasteiger partial charge in [0.2, 0.25) is 0 Å². The van der Waals surface area contributed by atoms with Gasteiger partial charge in [0.25, 0.3) is 11.4 Å². The smallest absolute Gasteiger partial charge is 0.340 e. The van der Waals surface area contributed by atoms with Crippen LogP contribution in [0.15, 0.2) is 48.5 Å². The van der Waals surface area contributed by atoms with E-state index in [0.717, 1.165) is 34.0 Å². The molecule has 45 heavy (non-hydrogen) atoms. The Morgan fingerprint density at radius 3 is 1.31 bits per heavy atom. The molecular weight excluding hydrogens is 552 g/mol. The van der Waals surface area contributed by atoms with Crippen LogP contribution in [-0.4, -0.2) is 27.6 Å². The van der Waals surface area contributed by atoms with Gasteiger partial charge >= 0.3 is 6.03 Å². The van der Waals surface area contributed by atoms with E-state index in [0.29, 0.717) is 11.8 Å². The topological polar surface area (TPSA) is 24.5 Å². The number of nitrogens with zero attached hydrogens (tertiary/aromatic N) is 2. The van der Waals surface area contributed by atoms with Crippen LogP contribution in [0.1, 0.15) is 150 Å². The summed E-state index contributed by atoms with van der Waals surface area (Å²) in [5, 5.41) is 0. The molecule has 0 aliphatic carbocycles. The van der Waals surface area contributed by atoms with E-state index in [4.69, 9.17) is 9.47 Å². The largest absolute Gasteiger partial charge is 0.715 e. The maximum absolute atomic E-state index is 7.12. The van der Waals surface area contributed by atoms with E-state index in [1.807, 2.05) is 0 Å². The van der Waals surface area contributed by atoms with Crippen LogP contribution in [0.4, 0.5) is 11.4 Å². The van der Waals surface area contributed by atoms with Gasteiger partial charge in [0.1, 0.15) is 0 Å². The maximum Gasteiger partial charge on any atom is 0.715 e. The molecule has 0 atom stereocenters. The van der Waals surface area contributed by atoms with Crippen molar-refractivity contribution >= 4 is 23.8 Å². The number of hydrogen-bond acceptors (Lipinski definition) is 2. The minimum absolute atomic E-state index is 0.585. The SMILES string of the molecule is CCCCC(CCCC)c1cc(C)c2c(c1)C=[N+]1c3ccccc3[N+]3=Cc4cc(C(CCCC)CCCC)cc(C)c4OC13O2. The standard InChI is InChI=1S/C41H54N2O2/c1-7-11-17-31(18-12-8-2)33-23-29(5)39-35(25-33)27-42-37-21-15-16-22-38(37)43-28-36-26-34(32(19-13-9-3)20-14-10-4)24-30(6)40(36)45-41(42,43)44-39/h15-16,21-28,31-32H,7-14,17-20H2,1-6H3/q+2. The van der Waals surface area contributed by atoms with Crippen molar-refractivity contribution in [2.75, 3.05) is 0 Å². The predicted octanol–water partition coefficient (Wildman–Crippen LogP) is 11.2. The van der Waals surface area contributed by atoms with Gasteiger partial charge in [-0.25, -0.2) is 0 Å². The summed E-state index contributed by atoms with van der Waals surface area (Å²) in [5.74, 6) is 3.01. The van der Waals surface area contributed by atoms with Gasteiger partial charge in [-0.3, -0.25) is 0 Å². The van der Waals surface area contributed by atoms with E-state index in [1.165, 1.54) is 99.3 Å². The Kier molecular flexibility index (Phi) is 9.49. The van der Waals surface area contributed by atoms with Crippen molar-refractivity contribution in [2.45, 2.75) is 136 Å². The number of para-hydroxylation sites is 2. The average molecular weight is 607 g/mol. The number of hydrogen-bond donors (Lipinski definition) is 0. The van der Waals surface area contributed by atoms with Crippen molar-refractivity contribution in [2.24, 2.45) is 0 Å². The Bertz CT molecular complexity index is 1460. The highest BCUT2D eigenvalue weighted by Gasteiger charge is 2.72. The van der Waals surface area contributed by atoms with E-state index in [1.54, 1.807) is 0 Å². The second kappa shape index (κ2) is 13.5. The van der Waals surface area contributed by atoms with E-state index in [-0.39, 0.29) is 0 Å². The zero-order chi connectivity index (χ0) is 31.6. The molecule has 3 aliphatic rings. The van der Waals surface area contributed by atoms with Gasteiger partial charge < -0.3 is 9.47 Å². The first kappa shape index (κ1) is 31.6. The van der Waals surface area contributed by atoms with E-state index in [9.17, 15) is 0 Å². The summed E-state index contributed by atoms with van der Waals surface area (Å²) in [5.41, 5.74) is 9.73. The summed E-state index contributed by atoms with van der Waals surface area (Å²) in [6.45, 7) is 13.6. The normalized spacial score (nSPS) is 15.4. The molecule has 4 heteroatoms. The molecule has 0 aromatic heterocycles. The van der Waals surface area contributed by atoms with Gasteiger partial charge in [0, 0.05) is 12.1 Å². The van der Waals surface area contributed by atoms with Gasteiger partial charge in [0.15, 0.2) is 23.9 Å². The van der Waals surface area contributed by atoms with Gasteiger partial charge in [-0.15, -0.1) is 0 Å². The van der Waals surface area contributed by atoms with Gasteiger partial charge in [0.05, 0.1) is 11.1 Å². The van der Waals surface area contributed by atoms with Crippen LogP contribution in [0.5, 0.6) is 11.5 Å². The lowest BCUT2D eigenvalue weighted by atomic mass is 9.87. The fourth-order valence-electron chi connectivity index (χ4n) is 7.72. The average Bonchev–Trinajstić information content (AvgIpc) is 3.32. The second-order valence-corrected chi connectivity index (χ2v) is 13.7. The molecule has 0 saturated carbocycles. The molecule has 3 heterocycles. The summed E-state index contributed by atoms with van der Waals surface area (Å²) in [4.78, 5) is 0. The summed E-state index contributed by atoms with van der Waals surface area (Å²) < 4.78 is 18.7. The molecule has 0 N–H and O–H groups in total. The Hall–Kier alpha value is -3.40. The summed E-state index contributed by atoms with van der Waals surface area (Å²) in [6, 6.07) is 17.0. The van der Waals surface area contributed by atoms with Crippen LogP contribution in [0, 0.1) is 13.8 Å². The Balaban J connectivity index is 1.44. The van der Waals surface area contributed by atoms with Gasteiger partial charge in [-0.1, -0.05) is 103 Å². The minimum atomic E-state index is -1.13. The van der Waals surface area contributed by atoms with Crippen LogP contribution < -0.4 is 9.47 Å². The second-order valence-electron chi connectivity index (χ2n) is 13.7. The Morgan fingerprint density at radius 2 is 0.956 bits per heavy atom. The molecule has 3 aliphatic heterocycles. The van der Waals surface area contributed by atoms with Crippen molar-refractivity contribution in [3.63, 3.8) is 0 Å². The Labute approximate surface area is 271 Å². The maximum atomic E-state index is 7.12. The monoisotopic (exact) mass is 606 g/mol. The van der Waals surface area contributed by atoms with Crippen LogP contribution in [0.3, 0.4) is 0 Å². The highest BCUT2D eigenvalue weighted by Crippen LogP contribution is 2.50. The van der Waals surface area contributed by atoms with Crippen LogP contribution in [0.2, 0.25) is 0 Å². The van der Waals surface area contributed by atoms with Crippen molar-refractivity contribution < 1.29 is 18.6 Å². The molecular formula is C41H54N2O2+2. The third-order valence-electron chi connectivity index (χ3n) is 10.2. The van der Waals surface area contributed by atoms with E-state index < -0.39 is 6.03 Å². The third-order valence-corrected chi connectivity index (χ3v) is 10.2. The molecule has 0 amide bonds. The fraction of sp³-hybridized carbons (Fsp3) is 0.512. The molecule has 6 rings (SSSR count). The highest BCUT2D eigenvalue weighted by molar-refractivity contribution is 5.87. The quantitative estimate of drug-likeness (QED) is 0.171. The molecule has 0 saturated heterocycles. The molecule has 4 nitrogen and oxygen atoms in total. The molecule has 0 bridgehead atoms. The van der Waals surface area contributed by atoms with Crippen LogP contribution >= 0.6 is 0 Å². The summed E-state index contributed by atoms with van der Waals surface area (Å²) in [7, 11) is 0. The van der Waals surface area contributed by atoms with Gasteiger partial charge in [-0.05, 0) is 94.9 Å². The first-order valence-corrected chi connectivity index (χ1v) is 18.0. The lowest BCUT2D eigenvalue weighted by Crippen LogP contribution is -2.59. The zero-order valence-corrected chi connectivity index (χ0v) is 28.6. The van der Waals surface area contributed by atoms with Gasteiger partial charge in [-0.2, -0.15) is 0 Å². The number of fused-ring (bicyclic) bond motifs is 5. The molecule has 0 unspecified atom stereocenters. The van der Waals surface area contributed by atoms with Crippen LogP contribution in [-0.2, 0) is 0 Å². The number of ether oxygens (including phenoxy) is 2. The molecule has 1 spiro atoms. The minimum Gasteiger partial charge on any atom is -0.340 e. The van der Waals surface area contributed by atoms with Crippen LogP contribution in [0.25, 0.3) is 0 Å². The third kappa shape index (κ3) is 5.86. The highest BCUT2D eigenvalue weighted by atomic mass is 16.7. The Morgan fingerprint density at radius 1 is 0.578 bits per heavy atom. The number of unbranched alkanes of at least 4 members (excludes halogenated alkanes) is 4. The molecule has 238 valence electrons. The predicted molar refractivity (Wildman–Crippen MR) is 187 cm³/mol. The van der Waals surface area contributed by atoms with E-state index >= 15 is 0 Å². The molecule has 3 aromatic carbocycles. The fourth-order valence-corrected chi connectivity index (χ4v) is 7.72. The first-order valence-electron chi connectivity index (χ1n) is 18.0. The van der Waals surface area contributed by atoms with Crippen molar-refractivity contribution in [1.29, 1.82) is 0 Å². The van der Waals surface area contributed by atoms with Crippen molar-refractivity contribution in [1.82, 2.24) is 0 Å². The number of rotatable bonds is 14. The molecule has 3 aromatic rings. The molecule has 0 fully saturated rings. The summed E-state index contributed by atoms with van der Waals surface area (Å²) >= 11 is 0. The lowest BCUT2D eigenvalue weighted by Gasteiger charge is -2.29. The van der Waals surface area contributed by atoms with Crippen molar-refractivity contribution in [3.8, 4) is 11.5 Å². The number of aryl methyl sites for hydroxylation is 2. The lowest BCUT2D eigenvalue weighted by molar-refractivity contribution is -0.831. The number of benzene rings is 3.